The fourth-order valence-corrected chi connectivity index (χ4v) is 3.81. The Bertz CT molecular complexity index is 796. The van der Waals surface area contributed by atoms with Gasteiger partial charge in [0.1, 0.15) is 5.82 Å². The van der Waals surface area contributed by atoms with Crippen LogP contribution in [0.1, 0.15) is 18.7 Å². The summed E-state index contributed by atoms with van der Waals surface area (Å²) in [4.78, 5) is 2.11. The van der Waals surface area contributed by atoms with Gasteiger partial charge in [0.05, 0.1) is 11.5 Å². The van der Waals surface area contributed by atoms with Crippen molar-refractivity contribution < 1.29 is 17.2 Å². The summed E-state index contributed by atoms with van der Waals surface area (Å²) in [6, 6.07) is 3.23. The molecule has 8 nitrogen and oxygen atoms in total. The first-order valence-electron chi connectivity index (χ1n) is 7.62. The maximum atomic E-state index is 12.8. The largest absolute Gasteiger partial charge is 0.369 e. The minimum atomic E-state index is -2.86. The molecule has 1 N–H and O–H groups in total. The molecule has 1 fully saturated rings. The van der Waals surface area contributed by atoms with Crippen LogP contribution in [0.5, 0.6) is 0 Å². The summed E-state index contributed by atoms with van der Waals surface area (Å²) >= 11 is 0. The zero-order valence-corrected chi connectivity index (χ0v) is 13.7. The molecular formula is C13H18F2N6O2S. The first kappa shape index (κ1) is 17.0. The highest BCUT2D eigenvalue weighted by Gasteiger charge is 2.21. The van der Waals surface area contributed by atoms with Crippen LogP contribution in [0.2, 0.25) is 0 Å². The molecule has 11 heteroatoms. The lowest BCUT2D eigenvalue weighted by molar-refractivity contribution is 0.137. The molecule has 0 aromatic carbocycles. The molecule has 132 valence electrons. The van der Waals surface area contributed by atoms with E-state index in [-0.39, 0.29) is 17.2 Å². The third kappa shape index (κ3) is 3.96. The van der Waals surface area contributed by atoms with Crippen molar-refractivity contribution in [3.05, 3.63) is 18.0 Å². The van der Waals surface area contributed by atoms with Gasteiger partial charge >= 0.3 is 0 Å². The average molecular weight is 360 g/mol. The van der Waals surface area contributed by atoms with E-state index in [4.69, 9.17) is 0 Å². The number of hydrogen-bond donors (Lipinski definition) is 1. The van der Waals surface area contributed by atoms with E-state index >= 15 is 0 Å². The molecule has 1 aliphatic heterocycles. The number of nitrogens with one attached hydrogen (secondary N) is 1. The third-order valence-electron chi connectivity index (χ3n) is 3.88. The smallest absolute Gasteiger partial charge is 0.299 e. The molecule has 0 unspecified atom stereocenters. The molecule has 3 heterocycles. The number of rotatable bonds is 6. The summed E-state index contributed by atoms with van der Waals surface area (Å²) in [6.45, 7) is 2.50. The minimum absolute atomic E-state index is 0.211. The third-order valence-corrected chi connectivity index (χ3v) is 5.49. The number of alkyl halides is 2. The molecule has 0 radical (unpaired) electrons. The van der Waals surface area contributed by atoms with Crippen molar-refractivity contribution in [2.45, 2.75) is 12.8 Å². The van der Waals surface area contributed by atoms with Crippen LogP contribution in [-0.2, 0) is 9.84 Å². The summed E-state index contributed by atoms with van der Waals surface area (Å²) < 4.78 is 49.3. The van der Waals surface area contributed by atoms with Crippen LogP contribution in [0.25, 0.3) is 5.65 Å². The van der Waals surface area contributed by atoms with Crippen molar-refractivity contribution in [2.24, 2.45) is 0 Å². The Labute approximate surface area is 137 Å². The van der Waals surface area contributed by atoms with E-state index in [1.807, 2.05) is 0 Å². The Hall–Kier alpha value is -1.88. The molecule has 24 heavy (non-hydrogen) atoms. The van der Waals surface area contributed by atoms with Gasteiger partial charge in [0, 0.05) is 19.6 Å². The number of hydrogen-bond acceptors (Lipinski definition) is 7. The van der Waals surface area contributed by atoms with Crippen LogP contribution >= 0.6 is 0 Å². The average Bonchev–Trinajstić information content (AvgIpc) is 2.96. The van der Waals surface area contributed by atoms with Gasteiger partial charge in [-0.05, 0) is 25.1 Å². The SMILES string of the molecule is O=S1(=O)CCN(CCCNc2ccc3nnc(C(F)F)n3n2)CC1. The molecule has 0 spiro atoms. The van der Waals surface area contributed by atoms with Gasteiger partial charge in [-0.3, -0.25) is 0 Å². The monoisotopic (exact) mass is 360 g/mol. The number of aromatic nitrogens is 4. The fourth-order valence-electron chi connectivity index (χ4n) is 2.53. The van der Waals surface area contributed by atoms with Gasteiger partial charge in [0.15, 0.2) is 15.5 Å². The lowest BCUT2D eigenvalue weighted by Crippen LogP contribution is -2.41. The molecule has 0 aliphatic carbocycles. The van der Waals surface area contributed by atoms with Gasteiger partial charge in [-0.15, -0.1) is 15.3 Å². The van der Waals surface area contributed by atoms with Crippen LogP contribution in [0.3, 0.4) is 0 Å². The Morgan fingerprint density at radius 2 is 1.96 bits per heavy atom. The predicted molar refractivity (Wildman–Crippen MR) is 83.9 cm³/mol. The van der Waals surface area contributed by atoms with E-state index in [0.29, 0.717) is 25.5 Å². The van der Waals surface area contributed by atoms with Crippen LogP contribution in [0.4, 0.5) is 14.6 Å². The summed E-state index contributed by atoms with van der Waals surface area (Å²) in [5.41, 5.74) is 0.269. The fraction of sp³-hybridized carbons (Fsp3) is 0.615. The molecule has 2 aromatic heterocycles. The number of halogens is 2. The zero-order chi connectivity index (χ0) is 17.2. The first-order chi connectivity index (χ1) is 11.4. The highest BCUT2D eigenvalue weighted by atomic mass is 32.2. The van der Waals surface area contributed by atoms with Crippen molar-refractivity contribution in [1.29, 1.82) is 0 Å². The van der Waals surface area contributed by atoms with E-state index in [0.717, 1.165) is 17.5 Å². The van der Waals surface area contributed by atoms with Crippen molar-refractivity contribution in [1.82, 2.24) is 24.7 Å². The second-order valence-corrected chi connectivity index (χ2v) is 7.92. The van der Waals surface area contributed by atoms with Crippen LogP contribution < -0.4 is 5.32 Å². The molecule has 0 bridgehead atoms. The molecule has 3 rings (SSSR count). The van der Waals surface area contributed by atoms with Gasteiger partial charge < -0.3 is 10.2 Å². The molecule has 0 amide bonds. The number of fused-ring (bicyclic) bond motifs is 1. The summed E-state index contributed by atoms with van der Waals surface area (Å²) in [5, 5.41) is 14.2. The minimum Gasteiger partial charge on any atom is -0.369 e. The normalized spacial score (nSPS) is 18.3. The van der Waals surface area contributed by atoms with Crippen LogP contribution in [0, 0.1) is 0 Å². The number of anilines is 1. The molecule has 1 aliphatic rings. The lowest BCUT2D eigenvalue weighted by atomic mass is 10.3. The van der Waals surface area contributed by atoms with Crippen molar-refractivity contribution in [3.8, 4) is 0 Å². The van der Waals surface area contributed by atoms with E-state index < -0.39 is 22.1 Å². The Morgan fingerprint density at radius 1 is 1.21 bits per heavy atom. The second kappa shape index (κ2) is 6.93. The number of sulfone groups is 1. The van der Waals surface area contributed by atoms with Crippen LogP contribution in [0.15, 0.2) is 12.1 Å². The van der Waals surface area contributed by atoms with E-state index in [9.17, 15) is 17.2 Å². The van der Waals surface area contributed by atoms with Gasteiger partial charge in [-0.25, -0.2) is 17.2 Å². The summed E-state index contributed by atoms with van der Waals surface area (Å²) in [7, 11) is -2.86. The maximum Gasteiger partial charge on any atom is 0.299 e. The standard InChI is InChI=1S/C13H18F2N6O2S/c14-12(15)13-18-17-11-3-2-10(19-21(11)13)16-4-1-5-20-6-8-24(22,23)9-7-20/h2-3,12H,1,4-9H2,(H,16,19). The highest BCUT2D eigenvalue weighted by Crippen LogP contribution is 2.17. The Morgan fingerprint density at radius 3 is 2.67 bits per heavy atom. The van der Waals surface area contributed by atoms with Crippen LogP contribution in [-0.4, -0.2) is 70.8 Å². The maximum absolute atomic E-state index is 12.8. The lowest BCUT2D eigenvalue weighted by Gasteiger charge is -2.26. The second-order valence-electron chi connectivity index (χ2n) is 5.62. The van der Waals surface area contributed by atoms with Gasteiger partial charge in [-0.2, -0.15) is 4.52 Å². The van der Waals surface area contributed by atoms with Crippen molar-refractivity contribution >= 4 is 21.3 Å². The van der Waals surface area contributed by atoms with Crippen molar-refractivity contribution in [2.75, 3.05) is 43.0 Å². The Kier molecular flexibility index (Phi) is 4.90. The van der Waals surface area contributed by atoms with E-state index in [2.05, 4.69) is 25.5 Å². The molecule has 0 atom stereocenters. The first-order valence-corrected chi connectivity index (χ1v) is 9.44. The quantitative estimate of drug-likeness (QED) is 0.754. The summed E-state index contributed by atoms with van der Waals surface area (Å²) in [5.74, 6) is 0.402. The van der Waals surface area contributed by atoms with E-state index in [1.165, 1.54) is 0 Å². The van der Waals surface area contributed by atoms with Gasteiger partial charge in [0.25, 0.3) is 6.43 Å². The Balaban J connectivity index is 1.50. The summed E-state index contributed by atoms with van der Waals surface area (Å²) in [6.07, 6.45) is -1.94. The zero-order valence-electron chi connectivity index (χ0n) is 12.9. The van der Waals surface area contributed by atoms with Crippen molar-refractivity contribution in [3.63, 3.8) is 0 Å². The van der Waals surface area contributed by atoms with Gasteiger partial charge in [0.2, 0.25) is 5.82 Å². The topological polar surface area (TPSA) is 92.5 Å². The predicted octanol–water partition coefficient (Wildman–Crippen LogP) is 0.594. The molecule has 1 saturated heterocycles. The van der Waals surface area contributed by atoms with E-state index in [1.54, 1.807) is 12.1 Å². The van der Waals surface area contributed by atoms with Gasteiger partial charge in [-0.1, -0.05) is 0 Å². The highest BCUT2D eigenvalue weighted by molar-refractivity contribution is 7.91. The molecular weight excluding hydrogens is 342 g/mol. The molecule has 0 saturated carbocycles. The molecule has 2 aromatic rings. The number of nitrogens with zero attached hydrogens (tertiary/aromatic N) is 5.